The Bertz CT molecular complexity index is 833. The van der Waals surface area contributed by atoms with E-state index in [2.05, 4.69) is 24.1 Å². The van der Waals surface area contributed by atoms with Crippen LogP contribution in [0, 0.1) is 5.92 Å². The number of amides is 1. The lowest BCUT2D eigenvalue weighted by molar-refractivity contribution is 0.102. The second kappa shape index (κ2) is 9.20. The molecule has 3 rings (SSSR count). The van der Waals surface area contributed by atoms with Crippen LogP contribution in [-0.4, -0.2) is 32.7 Å². The third-order valence-electron chi connectivity index (χ3n) is 4.65. The van der Waals surface area contributed by atoms with E-state index >= 15 is 0 Å². The van der Waals surface area contributed by atoms with Crippen LogP contribution in [0.3, 0.4) is 0 Å². The first-order chi connectivity index (χ1) is 13.5. The molecular weight excluding hydrogens is 376 g/mol. The van der Waals surface area contributed by atoms with Crippen molar-refractivity contribution in [3.8, 4) is 11.5 Å². The maximum atomic E-state index is 12.9. The fourth-order valence-electron chi connectivity index (χ4n) is 3.25. The molecule has 0 bridgehead atoms. The van der Waals surface area contributed by atoms with Gasteiger partial charge in [0.2, 0.25) is 0 Å². The molecule has 6 heteroatoms. The molecule has 2 aromatic rings. The van der Waals surface area contributed by atoms with E-state index in [0.29, 0.717) is 34.6 Å². The van der Waals surface area contributed by atoms with Gasteiger partial charge in [-0.1, -0.05) is 37.6 Å². The zero-order valence-corrected chi connectivity index (χ0v) is 17.4. The fourth-order valence-corrected chi connectivity index (χ4v) is 3.51. The number of ether oxygens (including phenoxy) is 2. The van der Waals surface area contributed by atoms with E-state index in [0.717, 1.165) is 24.5 Å². The highest BCUT2D eigenvalue weighted by molar-refractivity contribution is 6.32. The van der Waals surface area contributed by atoms with Crippen LogP contribution in [0.25, 0.3) is 0 Å². The Hall–Kier alpha value is -2.40. The Balaban J connectivity index is 1.82. The molecule has 1 heterocycles. The summed E-state index contributed by atoms with van der Waals surface area (Å²) in [4.78, 5) is 15.2. The van der Waals surface area contributed by atoms with Crippen molar-refractivity contribution in [2.45, 2.75) is 26.7 Å². The number of rotatable bonds is 7. The van der Waals surface area contributed by atoms with Gasteiger partial charge in [0.25, 0.3) is 5.91 Å². The normalized spacial score (nSPS) is 13.7. The molecule has 0 atom stereocenters. The summed E-state index contributed by atoms with van der Waals surface area (Å²) in [7, 11) is 1.54. The average Bonchev–Trinajstić information content (AvgIpc) is 3.21. The molecular formula is C22H27ClN2O3. The number of nitrogens with zero attached hydrogens (tertiary/aromatic N) is 1. The quantitative estimate of drug-likeness (QED) is 0.688. The van der Waals surface area contributed by atoms with Crippen LogP contribution < -0.4 is 19.7 Å². The Morgan fingerprint density at radius 2 is 1.93 bits per heavy atom. The smallest absolute Gasteiger partial charge is 0.255 e. The van der Waals surface area contributed by atoms with Crippen molar-refractivity contribution in [2.24, 2.45) is 5.92 Å². The summed E-state index contributed by atoms with van der Waals surface area (Å²) < 4.78 is 11.2. The molecule has 150 valence electrons. The van der Waals surface area contributed by atoms with E-state index in [1.54, 1.807) is 12.1 Å². The van der Waals surface area contributed by atoms with Crippen molar-refractivity contribution in [3.05, 3.63) is 47.0 Å². The monoisotopic (exact) mass is 402 g/mol. The lowest BCUT2D eigenvalue weighted by atomic mass is 10.1. The minimum atomic E-state index is -0.234. The van der Waals surface area contributed by atoms with Crippen LogP contribution >= 0.6 is 11.6 Å². The molecule has 1 saturated heterocycles. The highest BCUT2D eigenvalue weighted by Crippen LogP contribution is 2.37. The van der Waals surface area contributed by atoms with E-state index in [9.17, 15) is 4.79 Å². The summed E-state index contributed by atoms with van der Waals surface area (Å²) in [6, 6.07) is 11.2. The first-order valence-electron chi connectivity index (χ1n) is 9.65. The van der Waals surface area contributed by atoms with E-state index in [4.69, 9.17) is 21.1 Å². The molecule has 1 aliphatic heterocycles. The molecule has 1 fully saturated rings. The molecule has 0 unspecified atom stereocenters. The van der Waals surface area contributed by atoms with Gasteiger partial charge in [-0.3, -0.25) is 4.79 Å². The van der Waals surface area contributed by atoms with Gasteiger partial charge in [-0.2, -0.15) is 0 Å². The molecule has 1 N–H and O–H groups in total. The first kappa shape index (κ1) is 20.3. The number of methoxy groups -OCH3 is 1. The number of hydrogen-bond donors (Lipinski definition) is 1. The van der Waals surface area contributed by atoms with Gasteiger partial charge in [-0.25, -0.2) is 0 Å². The predicted molar refractivity (Wildman–Crippen MR) is 114 cm³/mol. The van der Waals surface area contributed by atoms with Gasteiger partial charge in [-0.15, -0.1) is 0 Å². The summed E-state index contributed by atoms with van der Waals surface area (Å²) in [6.45, 7) is 6.65. The second-order valence-electron chi connectivity index (χ2n) is 7.36. The van der Waals surface area contributed by atoms with Crippen molar-refractivity contribution in [2.75, 3.05) is 37.0 Å². The molecule has 1 aliphatic rings. The molecule has 1 amide bonds. The van der Waals surface area contributed by atoms with Crippen LogP contribution in [0.2, 0.25) is 5.02 Å². The summed E-state index contributed by atoms with van der Waals surface area (Å²) >= 11 is 6.39. The third-order valence-corrected chi connectivity index (χ3v) is 4.93. The lowest BCUT2D eigenvalue weighted by Gasteiger charge is -2.21. The zero-order valence-electron chi connectivity index (χ0n) is 16.6. The Labute approximate surface area is 171 Å². The number of para-hydroxylation sites is 2. The molecule has 0 aliphatic carbocycles. The average molecular weight is 403 g/mol. The van der Waals surface area contributed by atoms with Gasteiger partial charge in [0, 0.05) is 18.7 Å². The summed E-state index contributed by atoms with van der Waals surface area (Å²) in [6.07, 6.45) is 2.35. The van der Waals surface area contributed by atoms with E-state index in [1.165, 1.54) is 20.0 Å². The first-order valence-corrected chi connectivity index (χ1v) is 10.0. The van der Waals surface area contributed by atoms with Crippen molar-refractivity contribution < 1.29 is 14.3 Å². The molecule has 2 aromatic carbocycles. The van der Waals surface area contributed by atoms with Gasteiger partial charge in [0.05, 0.1) is 30.1 Å². The SMILES string of the molecule is COc1cc(C(=O)Nc2ccccc2N2CCCC2)cc(Cl)c1OCC(C)C. The van der Waals surface area contributed by atoms with Crippen molar-refractivity contribution >= 4 is 28.9 Å². The van der Waals surface area contributed by atoms with Gasteiger partial charge in [0.1, 0.15) is 0 Å². The summed E-state index contributed by atoms with van der Waals surface area (Å²) in [5.41, 5.74) is 2.27. The van der Waals surface area contributed by atoms with E-state index in [-0.39, 0.29) is 5.91 Å². The number of halogens is 1. The van der Waals surface area contributed by atoms with Crippen LogP contribution in [-0.2, 0) is 0 Å². The highest BCUT2D eigenvalue weighted by Gasteiger charge is 2.19. The number of carbonyl (C=O) groups excluding carboxylic acids is 1. The minimum absolute atomic E-state index is 0.234. The van der Waals surface area contributed by atoms with Crippen LogP contribution in [0.1, 0.15) is 37.0 Å². The maximum Gasteiger partial charge on any atom is 0.255 e. The lowest BCUT2D eigenvalue weighted by Crippen LogP contribution is -2.21. The zero-order chi connectivity index (χ0) is 20.1. The maximum absolute atomic E-state index is 12.9. The Morgan fingerprint density at radius 1 is 1.21 bits per heavy atom. The summed E-state index contributed by atoms with van der Waals surface area (Å²) in [5.74, 6) is 1.03. The van der Waals surface area contributed by atoms with Gasteiger partial charge in [0.15, 0.2) is 11.5 Å². The van der Waals surface area contributed by atoms with Crippen LogP contribution in [0.5, 0.6) is 11.5 Å². The van der Waals surface area contributed by atoms with Crippen molar-refractivity contribution in [3.63, 3.8) is 0 Å². The standard InChI is InChI=1S/C22H27ClN2O3/c1-15(2)14-28-21-17(23)12-16(13-20(21)27-3)22(26)24-18-8-4-5-9-19(18)25-10-6-7-11-25/h4-5,8-9,12-13,15H,6-7,10-11,14H2,1-3H3,(H,24,26). The molecule has 0 saturated carbocycles. The van der Waals surface area contributed by atoms with Crippen molar-refractivity contribution in [1.29, 1.82) is 0 Å². The van der Waals surface area contributed by atoms with E-state index in [1.807, 2.05) is 24.3 Å². The minimum Gasteiger partial charge on any atom is -0.493 e. The topological polar surface area (TPSA) is 50.8 Å². The van der Waals surface area contributed by atoms with E-state index < -0.39 is 0 Å². The van der Waals surface area contributed by atoms with Crippen LogP contribution in [0.4, 0.5) is 11.4 Å². The molecule has 0 spiro atoms. The number of nitrogens with one attached hydrogen (secondary N) is 1. The number of benzene rings is 2. The second-order valence-corrected chi connectivity index (χ2v) is 7.77. The fraction of sp³-hybridized carbons (Fsp3) is 0.409. The van der Waals surface area contributed by atoms with Gasteiger partial charge >= 0.3 is 0 Å². The molecule has 0 radical (unpaired) electrons. The molecule has 5 nitrogen and oxygen atoms in total. The number of anilines is 2. The molecule has 0 aromatic heterocycles. The third kappa shape index (κ3) is 4.71. The highest BCUT2D eigenvalue weighted by atomic mass is 35.5. The number of carbonyl (C=O) groups is 1. The number of hydrogen-bond acceptors (Lipinski definition) is 4. The Kier molecular flexibility index (Phi) is 6.68. The molecule has 28 heavy (non-hydrogen) atoms. The van der Waals surface area contributed by atoms with Crippen LogP contribution in [0.15, 0.2) is 36.4 Å². The Morgan fingerprint density at radius 3 is 2.61 bits per heavy atom. The van der Waals surface area contributed by atoms with Gasteiger partial charge in [-0.05, 0) is 43.0 Å². The largest absolute Gasteiger partial charge is 0.493 e. The predicted octanol–water partition coefficient (Wildman–Crippen LogP) is 5.24. The summed E-state index contributed by atoms with van der Waals surface area (Å²) in [5, 5.41) is 3.38. The van der Waals surface area contributed by atoms with Gasteiger partial charge < -0.3 is 19.7 Å². The van der Waals surface area contributed by atoms with Crippen molar-refractivity contribution in [1.82, 2.24) is 0 Å².